The first kappa shape index (κ1) is 32.2. The van der Waals surface area contributed by atoms with Crippen LogP contribution >= 0.6 is 48.0 Å². The van der Waals surface area contributed by atoms with Crippen LogP contribution in [0.3, 0.4) is 0 Å². The van der Waals surface area contributed by atoms with E-state index in [-0.39, 0.29) is 42.4 Å². The Morgan fingerprint density at radius 1 is 0.538 bits per heavy atom. The number of hydrogen-bond donors (Lipinski definition) is 2. The minimum atomic E-state index is -0.00721. The first-order valence-corrected chi connectivity index (χ1v) is 12.5. The van der Waals surface area contributed by atoms with Gasteiger partial charge >= 0.3 is 0 Å². The van der Waals surface area contributed by atoms with Crippen molar-refractivity contribution >= 4 is 59.7 Å². The van der Waals surface area contributed by atoms with Gasteiger partial charge in [0.25, 0.3) is 0 Å². The molecule has 204 valence electrons. The highest BCUT2D eigenvalue weighted by molar-refractivity contribution is 6.30. The maximum atomic E-state index is 5.93. The predicted molar refractivity (Wildman–Crippen MR) is 168 cm³/mol. The van der Waals surface area contributed by atoms with Gasteiger partial charge < -0.3 is 16.9 Å². The van der Waals surface area contributed by atoms with Crippen molar-refractivity contribution in [1.82, 2.24) is 0 Å². The van der Waals surface area contributed by atoms with Gasteiger partial charge in [-0.15, -0.1) is 24.8 Å². The molecule has 39 heavy (non-hydrogen) atoms. The van der Waals surface area contributed by atoms with Crippen molar-refractivity contribution in [1.29, 1.82) is 0 Å². The molecule has 2 aliphatic heterocycles. The van der Waals surface area contributed by atoms with E-state index in [9.17, 15) is 0 Å². The van der Waals surface area contributed by atoms with Crippen molar-refractivity contribution in [3.63, 3.8) is 0 Å². The minimum Gasteiger partial charge on any atom is -0.412 e. The van der Waals surface area contributed by atoms with Gasteiger partial charge in [0, 0.05) is 22.9 Å². The summed E-state index contributed by atoms with van der Waals surface area (Å²) in [5.74, 6) is 1.38. The SMILES string of the molecule is Cl.Cl.NC1=NC(c2ccc(Cl)cc2)c2ccccc2C1.NC1=NC(c2ccc(Cl)cc2)c2ccccc2C1.O. The summed E-state index contributed by atoms with van der Waals surface area (Å²) in [5, 5.41) is 1.47. The minimum absolute atomic E-state index is 0. The van der Waals surface area contributed by atoms with E-state index in [1.54, 1.807) is 0 Å². The van der Waals surface area contributed by atoms with Crippen LogP contribution in [0.5, 0.6) is 0 Å². The summed E-state index contributed by atoms with van der Waals surface area (Å²) in [6, 6.07) is 32.2. The molecule has 2 aliphatic rings. The Morgan fingerprint density at radius 2 is 0.872 bits per heavy atom. The normalized spacial score (nSPS) is 16.7. The molecule has 9 heteroatoms. The summed E-state index contributed by atoms with van der Waals surface area (Å²) in [6.45, 7) is 0. The number of nitrogens with zero attached hydrogens (tertiary/aromatic N) is 2. The number of fused-ring (bicyclic) bond motifs is 2. The van der Waals surface area contributed by atoms with Crippen LogP contribution in [0.15, 0.2) is 107 Å². The third-order valence-electron chi connectivity index (χ3n) is 6.40. The molecule has 0 fully saturated rings. The van der Waals surface area contributed by atoms with Crippen LogP contribution < -0.4 is 11.5 Å². The molecule has 0 aliphatic carbocycles. The molecule has 0 radical (unpaired) electrons. The standard InChI is InChI=1S/2C15H13ClN2.2ClH.H2O/c2*16-12-7-5-10(6-8-12)15-13-4-2-1-3-11(13)9-14(17)18-15;;;/h2*1-8,15H,9H2,(H2,17,18);2*1H;1H2. The summed E-state index contributed by atoms with van der Waals surface area (Å²) in [7, 11) is 0. The van der Waals surface area contributed by atoms with Crippen molar-refractivity contribution in [3.05, 3.63) is 140 Å². The van der Waals surface area contributed by atoms with E-state index in [2.05, 4.69) is 34.3 Å². The van der Waals surface area contributed by atoms with Gasteiger partial charge in [-0.2, -0.15) is 0 Å². The van der Waals surface area contributed by atoms with Crippen LogP contribution in [0, 0.1) is 0 Å². The second kappa shape index (κ2) is 14.4. The Bertz CT molecular complexity index is 1330. The van der Waals surface area contributed by atoms with Gasteiger partial charge in [0.15, 0.2) is 0 Å². The van der Waals surface area contributed by atoms with E-state index in [0.717, 1.165) is 34.0 Å². The smallest absolute Gasteiger partial charge is 0.102 e. The maximum Gasteiger partial charge on any atom is 0.102 e. The fraction of sp³-hybridized carbons (Fsp3) is 0.133. The highest BCUT2D eigenvalue weighted by atomic mass is 35.5. The van der Waals surface area contributed by atoms with Crippen LogP contribution in [-0.4, -0.2) is 17.1 Å². The molecule has 0 bridgehead atoms. The van der Waals surface area contributed by atoms with Crippen molar-refractivity contribution in [2.45, 2.75) is 24.9 Å². The Morgan fingerprint density at radius 3 is 1.23 bits per heavy atom. The zero-order chi connectivity index (χ0) is 25.1. The van der Waals surface area contributed by atoms with Crippen LogP contribution in [0.25, 0.3) is 0 Å². The molecular weight excluding hydrogens is 574 g/mol. The van der Waals surface area contributed by atoms with Crippen molar-refractivity contribution in [2.75, 3.05) is 0 Å². The van der Waals surface area contributed by atoms with Gasteiger partial charge in [-0.25, -0.2) is 0 Å². The van der Waals surface area contributed by atoms with Crippen molar-refractivity contribution in [3.8, 4) is 0 Å². The summed E-state index contributed by atoms with van der Waals surface area (Å²) in [5.41, 5.74) is 19.1. The fourth-order valence-electron chi connectivity index (χ4n) is 4.67. The topological polar surface area (TPSA) is 108 Å². The van der Waals surface area contributed by atoms with Crippen LogP contribution in [-0.2, 0) is 12.8 Å². The number of aliphatic imine (C=N–C) groups is 2. The van der Waals surface area contributed by atoms with E-state index in [4.69, 9.17) is 34.7 Å². The average molecular weight is 604 g/mol. The molecule has 0 spiro atoms. The molecule has 0 amide bonds. The summed E-state index contributed by atoms with van der Waals surface area (Å²) in [6.07, 6.45) is 1.47. The van der Waals surface area contributed by atoms with E-state index in [0.29, 0.717) is 11.7 Å². The van der Waals surface area contributed by atoms with E-state index < -0.39 is 0 Å². The number of rotatable bonds is 2. The van der Waals surface area contributed by atoms with Gasteiger partial charge in [-0.05, 0) is 57.6 Å². The zero-order valence-corrected chi connectivity index (χ0v) is 24.1. The molecule has 2 atom stereocenters. The number of nitrogens with two attached hydrogens (primary N) is 2. The van der Waals surface area contributed by atoms with Crippen molar-refractivity contribution in [2.24, 2.45) is 21.5 Å². The molecule has 0 saturated heterocycles. The van der Waals surface area contributed by atoms with E-state index >= 15 is 0 Å². The Balaban J connectivity index is 0.000000254. The molecule has 4 aromatic carbocycles. The van der Waals surface area contributed by atoms with E-state index in [1.807, 2.05) is 72.8 Å². The molecule has 4 aromatic rings. The lowest BCUT2D eigenvalue weighted by Crippen LogP contribution is -2.22. The first-order valence-electron chi connectivity index (χ1n) is 11.8. The Labute approximate surface area is 251 Å². The monoisotopic (exact) mass is 602 g/mol. The summed E-state index contributed by atoms with van der Waals surface area (Å²) >= 11 is 11.8. The zero-order valence-electron chi connectivity index (χ0n) is 20.9. The van der Waals surface area contributed by atoms with Gasteiger partial charge in [0.2, 0.25) is 0 Å². The highest BCUT2D eigenvalue weighted by Gasteiger charge is 2.22. The van der Waals surface area contributed by atoms with Gasteiger partial charge in [-0.3, -0.25) is 9.98 Å². The fourth-order valence-corrected chi connectivity index (χ4v) is 4.93. The molecule has 5 nitrogen and oxygen atoms in total. The third kappa shape index (κ3) is 7.53. The van der Waals surface area contributed by atoms with Gasteiger partial charge in [0.05, 0.1) is 11.7 Å². The highest BCUT2D eigenvalue weighted by Crippen LogP contribution is 2.33. The van der Waals surface area contributed by atoms with Crippen LogP contribution in [0.4, 0.5) is 0 Å². The maximum absolute atomic E-state index is 5.93. The second-order valence-corrected chi connectivity index (χ2v) is 9.77. The van der Waals surface area contributed by atoms with Gasteiger partial charge in [-0.1, -0.05) is 96.0 Å². The van der Waals surface area contributed by atoms with Crippen LogP contribution in [0.2, 0.25) is 10.0 Å². The lowest BCUT2D eigenvalue weighted by molar-refractivity contribution is 0.824. The molecule has 6 rings (SSSR count). The number of amidine groups is 2. The first-order chi connectivity index (χ1) is 17.5. The van der Waals surface area contributed by atoms with E-state index in [1.165, 1.54) is 22.3 Å². The molecule has 6 N–H and O–H groups in total. The molecule has 2 heterocycles. The van der Waals surface area contributed by atoms with Crippen LogP contribution in [0.1, 0.15) is 45.5 Å². The average Bonchev–Trinajstić information content (AvgIpc) is 2.89. The number of benzene rings is 4. The number of halogens is 4. The van der Waals surface area contributed by atoms with Crippen molar-refractivity contribution < 1.29 is 5.48 Å². The van der Waals surface area contributed by atoms with Gasteiger partial charge in [0.1, 0.15) is 12.1 Å². The quantitative estimate of drug-likeness (QED) is 0.266. The molecule has 0 aromatic heterocycles. The lowest BCUT2D eigenvalue weighted by Gasteiger charge is -2.22. The largest absolute Gasteiger partial charge is 0.412 e. The third-order valence-corrected chi connectivity index (χ3v) is 6.91. The Kier molecular flexibility index (Phi) is 11.8. The molecular formula is C30H30Cl4N4O. The second-order valence-electron chi connectivity index (χ2n) is 8.90. The molecule has 2 unspecified atom stereocenters. The predicted octanol–water partition coefficient (Wildman–Crippen LogP) is 6.70. The lowest BCUT2D eigenvalue weighted by atomic mass is 9.91. The molecule has 0 saturated carbocycles. The number of hydrogen-bond acceptors (Lipinski definition) is 4. The summed E-state index contributed by atoms with van der Waals surface area (Å²) in [4.78, 5) is 9.15. The Hall–Kier alpha value is -3.06. The summed E-state index contributed by atoms with van der Waals surface area (Å²) < 4.78 is 0.